The first-order valence-corrected chi connectivity index (χ1v) is 7.87. The summed E-state index contributed by atoms with van der Waals surface area (Å²) >= 11 is 0. The van der Waals surface area contributed by atoms with Gasteiger partial charge in [-0.15, -0.1) is 0 Å². The van der Waals surface area contributed by atoms with E-state index in [1.807, 2.05) is 45.0 Å². The van der Waals surface area contributed by atoms with E-state index >= 15 is 0 Å². The van der Waals surface area contributed by atoms with Gasteiger partial charge in [0.05, 0.1) is 18.8 Å². The first-order valence-electron chi connectivity index (χ1n) is 7.87. The summed E-state index contributed by atoms with van der Waals surface area (Å²) < 4.78 is 10.9. The maximum atomic E-state index is 12.5. The molecule has 0 unspecified atom stereocenters. The number of carbonyl (C=O) groups excluding carboxylic acids is 1. The van der Waals surface area contributed by atoms with Crippen molar-refractivity contribution in [2.75, 3.05) is 36.5 Å². The summed E-state index contributed by atoms with van der Waals surface area (Å²) in [5, 5.41) is 2.94. The van der Waals surface area contributed by atoms with E-state index in [9.17, 15) is 4.79 Å². The summed E-state index contributed by atoms with van der Waals surface area (Å²) in [5.74, 6) is 1.31. The minimum Gasteiger partial charge on any atom is -0.466 e. The van der Waals surface area contributed by atoms with E-state index in [0.29, 0.717) is 11.3 Å². The lowest BCUT2D eigenvalue weighted by Gasteiger charge is -2.28. The molecule has 2 aromatic rings. The molecule has 1 amide bonds. The Labute approximate surface area is 136 Å². The van der Waals surface area contributed by atoms with Gasteiger partial charge in [0, 0.05) is 30.0 Å². The summed E-state index contributed by atoms with van der Waals surface area (Å²) in [4.78, 5) is 14.7. The van der Waals surface area contributed by atoms with Gasteiger partial charge in [0.2, 0.25) is 0 Å². The van der Waals surface area contributed by atoms with Crippen LogP contribution in [0.25, 0.3) is 0 Å². The van der Waals surface area contributed by atoms with E-state index in [1.165, 1.54) is 0 Å². The number of furan rings is 1. The second kappa shape index (κ2) is 6.46. The predicted octanol–water partition coefficient (Wildman–Crippen LogP) is 3.29. The normalized spacial score (nSPS) is 14.8. The Hall–Kier alpha value is -2.27. The SMILES string of the molecule is Cc1oc(C)c(C(=O)Nc2ccc(N3CCOCC3)cc2)c1C. The summed E-state index contributed by atoms with van der Waals surface area (Å²) in [5.41, 5.74) is 3.45. The van der Waals surface area contributed by atoms with Crippen molar-refractivity contribution in [1.29, 1.82) is 0 Å². The number of hydrogen-bond donors (Lipinski definition) is 1. The first kappa shape index (κ1) is 15.6. The van der Waals surface area contributed by atoms with Crippen LogP contribution in [0.15, 0.2) is 28.7 Å². The zero-order valence-corrected chi connectivity index (χ0v) is 13.8. The largest absolute Gasteiger partial charge is 0.466 e. The molecular weight excluding hydrogens is 292 g/mol. The number of carbonyl (C=O) groups is 1. The second-order valence-electron chi connectivity index (χ2n) is 5.81. The zero-order chi connectivity index (χ0) is 16.4. The number of nitrogens with zero attached hydrogens (tertiary/aromatic N) is 1. The number of benzene rings is 1. The fourth-order valence-corrected chi connectivity index (χ4v) is 2.90. The molecule has 0 aliphatic carbocycles. The maximum Gasteiger partial charge on any atom is 0.259 e. The monoisotopic (exact) mass is 314 g/mol. The molecule has 1 aliphatic heterocycles. The molecule has 1 aromatic heterocycles. The number of anilines is 2. The van der Waals surface area contributed by atoms with Gasteiger partial charge in [-0.05, 0) is 45.0 Å². The number of morpholine rings is 1. The van der Waals surface area contributed by atoms with Crippen LogP contribution in [0.3, 0.4) is 0 Å². The van der Waals surface area contributed by atoms with Gasteiger partial charge >= 0.3 is 0 Å². The van der Waals surface area contributed by atoms with Crippen LogP contribution in [0.4, 0.5) is 11.4 Å². The molecule has 0 atom stereocenters. The van der Waals surface area contributed by atoms with Crippen molar-refractivity contribution in [3.05, 3.63) is 46.9 Å². The van der Waals surface area contributed by atoms with Crippen LogP contribution in [0.1, 0.15) is 27.4 Å². The molecule has 1 saturated heterocycles. The topological polar surface area (TPSA) is 54.7 Å². The lowest BCUT2D eigenvalue weighted by atomic mass is 10.1. The number of nitrogens with one attached hydrogen (secondary N) is 1. The Morgan fingerprint density at radius 2 is 1.70 bits per heavy atom. The molecule has 0 bridgehead atoms. The molecule has 1 N–H and O–H groups in total. The van der Waals surface area contributed by atoms with E-state index in [2.05, 4.69) is 10.2 Å². The third-order valence-corrected chi connectivity index (χ3v) is 4.29. The standard InChI is InChI=1S/C18H22N2O3/c1-12-13(2)23-14(3)17(12)18(21)19-15-4-6-16(7-5-15)20-8-10-22-11-9-20/h4-7H,8-11H2,1-3H3,(H,19,21). The van der Waals surface area contributed by atoms with Gasteiger partial charge in [0.1, 0.15) is 11.5 Å². The van der Waals surface area contributed by atoms with E-state index < -0.39 is 0 Å². The summed E-state index contributed by atoms with van der Waals surface area (Å²) in [6.45, 7) is 8.92. The van der Waals surface area contributed by atoms with Gasteiger partial charge in [-0.1, -0.05) is 0 Å². The van der Waals surface area contributed by atoms with Gasteiger partial charge in [0.25, 0.3) is 5.91 Å². The van der Waals surface area contributed by atoms with E-state index in [0.717, 1.165) is 49.0 Å². The lowest BCUT2D eigenvalue weighted by molar-refractivity contribution is 0.102. The number of rotatable bonds is 3. The first-order chi connectivity index (χ1) is 11.1. The average Bonchev–Trinajstić information content (AvgIpc) is 2.81. The summed E-state index contributed by atoms with van der Waals surface area (Å²) in [7, 11) is 0. The van der Waals surface area contributed by atoms with Crippen molar-refractivity contribution in [3.63, 3.8) is 0 Å². The third kappa shape index (κ3) is 3.24. The Morgan fingerprint density at radius 3 is 2.26 bits per heavy atom. The fourth-order valence-electron chi connectivity index (χ4n) is 2.90. The molecule has 5 heteroatoms. The van der Waals surface area contributed by atoms with Crippen molar-refractivity contribution < 1.29 is 13.9 Å². The smallest absolute Gasteiger partial charge is 0.259 e. The van der Waals surface area contributed by atoms with Gasteiger partial charge in [-0.3, -0.25) is 4.79 Å². The van der Waals surface area contributed by atoms with Gasteiger partial charge in [-0.2, -0.15) is 0 Å². The van der Waals surface area contributed by atoms with E-state index in [4.69, 9.17) is 9.15 Å². The molecule has 0 saturated carbocycles. The highest BCUT2D eigenvalue weighted by atomic mass is 16.5. The van der Waals surface area contributed by atoms with Gasteiger partial charge in [-0.25, -0.2) is 0 Å². The molecule has 23 heavy (non-hydrogen) atoms. The number of hydrogen-bond acceptors (Lipinski definition) is 4. The molecule has 2 heterocycles. The van der Waals surface area contributed by atoms with Crippen LogP contribution in [-0.4, -0.2) is 32.2 Å². The Morgan fingerprint density at radius 1 is 1.04 bits per heavy atom. The third-order valence-electron chi connectivity index (χ3n) is 4.29. The molecule has 3 rings (SSSR count). The van der Waals surface area contributed by atoms with Gasteiger partial charge < -0.3 is 19.4 Å². The van der Waals surface area contributed by atoms with Gasteiger partial charge in [0.15, 0.2) is 0 Å². The molecule has 5 nitrogen and oxygen atoms in total. The highest BCUT2D eigenvalue weighted by Crippen LogP contribution is 2.23. The maximum absolute atomic E-state index is 12.5. The van der Waals surface area contributed by atoms with Crippen LogP contribution >= 0.6 is 0 Å². The predicted molar refractivity (Wildman–Crippen MR) is 90.3 cm³/mol. The summed E-state index contributed by atoms with van der Waals surface area (Å²) in [6, 6.07) is 7.92. The Bertz CT molecular complexity index is 698. The van der Waals surface area contributed by atoms with Crippen LogP contribution < -0.4 is 10.2 Å². The minimum atomic E-state index is -0.129. The minimum absolute atomic E-state index is 0.129. The molecular formula is C18H22N2O3. The number of ether oxygens (including phenoxy) is 1. The summed E-state index contributed by atoms with van der Waals surface area (Å²) in [6.07, 6.45) is 0. The van der Waals surface area contributed by atoms with E-state index in [1.54, 1.807) is 0 Å². The second-order valence-corrected chi connectivity index (χ2v) is 5.81. The molecule has 1 aromatic carbocycles. The fraction of sp³-hybridized carbons (Fsp3) is 0.389. The molecule has 1 aliphatic rings. The highest BCUT2D eigenvalue weighted by Gasteiger charge is 2.18. The van der Waals surface area contributed by atoms with Crippen molar-refractivity contribution >= 4 is 17.3 Å². The molecule has 1 fully saturated rings. The van der Waals surface area contributed by atoms with Crippen molar-refractivity contribution in [3.8, 4) is 0 Å². The average molecular weight is 314 g/mol. The number of amides is 1. The van der Waals surface area contributed by atoms with Crippen molar-refractivity contribution in [2.45, 2.75) is 20.8 Å². The van der Waals surface area contributed by atoms with Crippen LogP contribution in [0, 0.1) is 20.8 Å². The highest BCUT2D eigenvalue weighted by molar-refractivity contribution is 6.06. The van der Waals surface area contributed by atoms with Crippen molar-refractivity contribution in [2.24, 2.45) is 0 Å². The molecule has 122 valence electrons. The Kier molecular flexibility index (Phi) is 4.39. The quantitative estimate of drug-likeness (QED) is 0.944. The van der Waals surface area contributed by atoms with Crippen LogP contribution in [-0.2, 0) is 4.74 Å². The number of aryl methyl sites for hydroxylation is 2. The molecule has 0 spiro atoms. The van der Waals surface area contributed by atoms with Crippen molar-refractivity contribution in [1.82, 2.24) is 0 Å². The van der Waals surface area contributed by atoms with E-state index in [-0.39, 0.29) is 5.91 Å². The van der Waals surface area contributed by atoms with Crippen LogP contribution in [0.2, 0.25) is 0 Å². The molecule has 0 radical (unpaired) electrons. The zero-order valence-electron chi connectivity index (χ0n) is 13.8. The van der Waals surface area contributed by atoms with Crippen LogP contribution in [0.5, 0.6) is 0 Å². The Balaban J connectivity index is 1.71. The lowest BCUT2D eigenvalue weighted by Crippen LogP contribution is -2.36.